The number of rotatable bonds is 8. The Bertz CT molecular complexity index is 708. The number of nitrogens with one attached hydrogen (secondary N) is 2. The lowest BCUT2D eigenvalue weighted by Crippen LogP contribution is -2.32. The highest BCUT2D eigenvalue weighted by atomic mass is 16.2. The summed E-state index contributed by atoms with van der Waals surface area (Å²) in [5.41, 5.74) is 0.923. The quantitative estimate of drug-likeness (QED) is 0.731. The Balaban J connectivity index is 2.25. The van der Waals surface area contributed by atoms with E-state index in [0.717, 1.165) is 25.7 Å². The maximum atomic E-state index is 12.4. The van der Waals surface area contributed by atoms with Crippen molar-refractivity contribution in [2.24, 2.45) is 0 Å². The minimum Gasteiger partial charge on any atom is -0.349 e. The molecule has 0 aliphatic carbocycles. The fourth-order valence-electron chi connectivity index (χ4n) is 2.42. The van der Waals surface area contributed by atoms with E-state index in [1.54, 1.807) is 16.7 Å². The summed E-state index contributed by atoms with van der Waals surface area (Å²) in [6.07, 6.45) is 5.70. The number of amides is 2. The zero-order valence-corrected chi connectivity index (χ0v) is 14.6. The lowest BCUT2D eigenvalue weighted by molar-refractivity contribution is 0.0936. The molecule has 130 valence electrons. The normalized spacial score (nSPS) is 12.1. The van der Waals surface area contributed by atoms with Gasteiger partial charge in [0.2, 0.25) is 5.82 Å². The van der Waals surface area contributed by atoms with Crippen molar-refractivity contribution in [2.45, 2.75) is 52.5 Å². The molecular weight excluding hydrogens is 304 g/mol. The van der Waals surface area contributed by atoms with Crippen LogP contribution in [-0.4, -0.2) is 33.8 Å². The van der Waals surface area contributed by atoms with Crippen molar-refractivity contribution in [3.8, 4) is 0 Å². The van der Waals surface area contributed by atoms with Gasteiger partial charge in [-0.2, -0.15) is 0 Å². The van der Waals surface area contributed by atoms with E-state index >= 15 is 0 Å². The highest BCUT2D eigenvalue weighted by Crippen LogP contribution is 2.14. The van der Waals surface area contributed by atoms with E-state index < -0.39 is 0 Å². The first-order chi connectivity index (χ1) is 11.6. The fourth-order valence-corrected chi connectivity index (χ4v) is 2.42. The SMILES string of the molecule is CCCCCNC(=O)c1nc(C(=O)NC(C)CC)c2ccccn12. The minimum atomic E-state index is -0.255. The van der Waals surface area contributed by atoms with Crippen LogP contribution in [0.1, 0.15) is 67.6 Å². The van der Waals surface area contributed by atoms with Gasteiger partial charge >= 0.3 is 0 Å². The molecule has 2 N–H and O–H groups in total. The number of hydrogen-bond acceptors (Lipinski definition) is 3. The monoisotopic (exact) mass is 330 g/mol. The molecular formula is C18H26N4O2. The molecule has 0 fully saturated rings. The highest BCUT2D eigenvalue weighted by Gasteiger charge is 2.21. The van der Waals surface area contributed by atoms with E-state index in [4.69, 9.17) is 0 Å². The van der Waals surface area contributed by atoms with Crippen LogP contribution in [0.4, 0.5) is 0 Å². The van der Waals surface area contributed by atoms with E-state index in [0.29, 0.717) is 12.1 Å². The van der Waals surface area contributed by atoms with Gasteiger partial charge in [-0.3, -0.25) is 14.0 Å². The Labute approximate surface area is 142 Å². The topological polar surface area (TPSA) is 75.5 Å². The van der Waals surface area contributed by atoms with Crippen LogP contribution in [0.2, 0.25) is 0 Å². The van der Waals surface area contributed by atoms with E-state index in [9.17, 15) is 9.59 Å². The van der Waals surface area contributed by atoms with Crippen LogP contribution in [0.3, 0.4) is 0 Å². The second-order valence-corrected chi connectivity index (χ2v) is 5.99. The summed E-state index contributed by atoms with van der Waals surface area (Å²) in [7, 11) is 0. The van der Waals surface area contributed by atoms with Gasteiger partial charge in [0.05, 0.1) is 5.52 Å². The molecule has 0 bridgehead atoms. The molecule has 0 saturated heterocycles. The van der Waals surface area contributed by atoms with Gasteiger partial charge in [-0.25, -0.2) is 4.98 Å². The van der Waals surface area contributed by atoms with Crippen molar-refractivity contribution < 1.29 is 9.59 Å². The summed E-state index contributed by atoms with van der Waals surface area (Å²) in [6.45, 7) is 6.68. The molecule has 24 heavy (non-hydrogen) atoms. The van der Waals surface area contributed by atoms with Crippen LogP contribution in [0, 0.1) is 0 Å². The van der Waals surface area contributed by atoms with E-state index in [1.807, 2.05) is 26.0 Å². The van der Waals surface area contributed by atoms with Crippen molar-refractivity contribution in [1.29, 1.82) is 0 Å². The molecule has 1 unspecified atom stereocenters. The summed E-state index contributed by atoms with van der Waals surface area (Å²) in [6, 6.07) is 5.51. The van der Waals surface area contributed by atoms with Gasteiger partial charge in [-0.15, -0.1) is 0 Å². The summed E-state index contributed by atoms with van der Waals surface area (Å²) in [5.74, 6) is -0.260. The van der Waals surface area contributed by atoms with Gasteiger partial charge in [-0.05, 0) is 31.9 Å². The van der Waals surface area contributed by atoms with Crippen molar-refractivity contribution in [3.05, 3.63) is 35.9 Å². The first-order valence-electron chi connectivity index (χ1n) is 8.64. The smallest absolute Gasteiger partial charge is 0.287 e. The van der Waals surface area contributed by atoms with Crippen LogP contribution >= 0.6 is 0 Å². The second kappa shape index (κ2) is 8.47. The molecule has 6 nitrogen and oxygen atoms in total. The van der Waals surface area contributed by atoms with Crippen molar-refractivity contribution in [1.82, 2.24) is 20.0 Å². The Morgan fingerprint density at radius 3 is 2.71 bits per heavy atom. The van der Waals surface area contributed by atoms with E-state index in [-0.39, 0.29) is 29.4 Å². The highest BCUT2D eigenvalue weighted by molar-refractivity contribution is 6.02. The van der Waals surface area contributed by atoms with Crippen molar-refractivity contribution >= 4 is 17.3 Å². The molecule has 2 amide bonds. The third-order valence-electron chi connectivity index (χ3n) is 4.02. The Morgan fingerprint density at radius 2 is 2.00 bits per heavy atom. The summed E-state index contributed by atoms with van der Waals surface area (Å²) >= 11 is 0. The summed E-state index contributed by atoms with van der Waals surface area (Å²) in [5, 5.41) is 5.78. The van der Waals surface area contributed by atoms with E-state index in [1.165, 1.54) is 0 Å². The lowest BCUT2D eigenvalue weighted by Gasteiger charge is -2.09. The molecule has 0 saturated carbocycles. The third-order valence-corrected chi connectivity index (χ3v) is 4.02. The van der Waals surface area contributed by atoms with Gasteiger partial charge in [0.15, 0.2) is 5.69 Å². The van der Waals surface area contributed by atoms with Crippen molar-refractivity contribution in [3.63, 3.8) is 0 Å². The third kappa shape index (κ3) is 4.13. The van der Waals surface area contributed by atoms with Gasteiger partial charge in [-0.1, -0.05) is 32.8 Å². The van der Waals surface area contributed by atoms with Gasteiger partial charge < -0.3 is 10.6 Å². The number of carbonyl (C=O) groups excluding carboxylic acids is 2. The Hall–Kier alpha value is -2.37. The van der Waals surface area contributed by atoms with Crippen LogP contribution in [0.5, 0.6) is 0 Å². The second-order valence-electron chi connectivity index (χ2n) is 5.99. The Kier molecular flexibility index (Phi) is 6.35. The van der Waals surface area contributed by atoms with Crippen LogP contribution in [0.15, 0.2) is 24.4 Å². The lowest BCUT2D eigenvalue weighted by atomic mass is 10.2. The molecule has 0 radical (unpaired) electrons. The fraction of sp³-hybridized carbons (Fsp3) is 0.500. The maximum Gasteiger partial charge on any atom is 0.287 e. The predicted octanol–water partition coefficient (Wildman–Crippen LogP) is 2.78. The zero-order chi connectivity index (χ0) is 17.5. The van der Waals surface area contributed by atoms with Crippen molar-refractivity contribution in [2.75, 3.05) is 6.54 Å². The molecule has 2 heterocycles. The first-order valence-corrected chi connectivity index (χ1v) is 8.64. The molecule has 2 rings (SSSR count). The molecule has 1 atom stereocenters. The zero-order valence-electron chi connectivity index (χ0n) is 14.6. The number of carbonyl (C=O) groups is 2. The van der Waals surface area contributed by atoms with Gasteiger partial charge in [0, 0.05) is 18.8 Å². The standard InChI is InChI=1S/C18H26N4O2/c1-4-6-8-11-19-18(24)16-21-15(17(23)20-13(3)5-2)14-10-7-9-12-22(14)16/h7,9-10,12-13H,4-6,8,11H2,1-3H3,(H,19,24)(H,20,23). The minimum absolute atomic E-state index is 0.0595. The number of imidazole rings is 1. The molecule has 2 aromatic heterocycles. The van der Waals surface area contributed by atoms with Gasteiger partial charge in [0.1, 0.15) is 0 Å². The molecule has 0 spiro atoms. The number of hydrogen-bond donors (Lipinski definition) is 2. The number of fused-ring (bicyclic) bond motifs is 1. The van der Waals surface area contributed by atoms with Crippen LogP contribution in [-0.2, 0) is 0 Å². The number of unbranched alkanes of at least 4 members (excludes halogenated alkanes) is 2. The molecule has 0 aliphatic heterocycles. The number of aromatic nitrogens is 2. The number of nitrogens with zero attached hydrogens (tertiary/aromatic N) is 2. The average molecular weight is 330 g/mol. The predicted molar refractivity (Wildman–Crippen MR) is 94.3 cm³/mol. The summed E-state index contributed by atoms with van der Waals surface area (Å²) < 4.78 is 1.67. The Morgan fingerprint density at radius 1 is 1.21 bits per heavy atom. The molecule has 6 heteroatoms. The van der Waals surface area contributed by atoms with Crippen LogP contribution < -0.4 is 10.6 Å². The summed E-state index contributed by atoms with van der Waals surface area (Å²) in [4.78, 5) is 29.2. The number of pyridine rings is 1. The molecule has 0 aliphatic rings. The average Bonchev–Trinajstić information content (AvgIpc) is 2.98. The molecule has 2 aromatic rings. The first kappa shape index (κ1) is 18.0. The van der Waals surface area contributed by atoms with Gasteiger partial charge in [0.25, 0.3) is 11.8 Å². The largest absolute Gasteiger partial charge is 0.349 e. The maximum absolute atomic E-state index is 12.4. The van der Waals surface area contributed by atoms with E-state index in [2.05, 4.69) is 22.5 Å². The van der Waals surface area contributed by atoms with Crippen LogP contribution in [0.25, 0.3) is 5.52 Å². The molecule has 0 aromatic carbocycles.